The van der Waals surface area contributed by atoms with Crippen LogP contribution in [0, 0.1) is 0 Å². The number of imidazole rings is 1. The minimum Gasteiger partial charge on any atom is -0.381 e. The Morgan fingerprint density at radius 2 is 2.00 bits per heavy atom. The second-order valence-corrected chi connectivity index (χ2v) is 8.38. The average molecular weight is 433 g/mol. The predicted octanol–water partition coefficient (Wildman–Crippen LogP) is 4.16. The molecular weight excluding hydrogens is 404 g/mol. The molecule has 4 aromatic heterocycles. The Balaban J connectivity index is 1.42. The number of hydrogen-bond donors (Lipinski definition) is 2. The number of nitrogens with one attached hydrogen (secondary N) is 2. The third kappa shape index (κ3) is 3.91. The van der Waals surface area contributed by atoms with Crippen molar-refractivity contribution >= 4 is 28.5 Å². The van der Waals surface area contributed by atoms with E-state index in [1.54, 1.807) is 19.6 Å². The van der Waals surface area contributed by atoms with Gasteiger partial charge in [0.05, 0.1) is 29.8 Å². The lowest BCUT2D eigenvalue weighted by atomic mass is 10.1. The topological polar surface area (TPSA) is 96.8 Å². The van der Waals surface area contributed by atoms with Crippen molar-refractivity contribution in [3.05, 3.63) is 43.2 Å². The van der Waals surface area contributed by atoms with Gasteiger partial charge in [-0.1, -0.05) is 0 Å². The van der Waals surface area contributed by atoms with Gasteiger partial charge in [-0.25, -0.2) is 15.0 Å². The van der Waals surface area contributed by atoms with Crippen LogP contribution in [0.5, 0.6) is 0 Å². The summed E-state index contributed by atoms with van der Waals surface area (Å²) in [6.07, 6.45) is 11.7. The summed E-state index contributed by atoms with van der Waals surface area (Å²) in [7, 11) is 1.78. The van der Waals surface area contributed by atoms with Crippen LogP contribution in [-0.4, -0.2) is 55.8 Å². The van der Waals surface area contributed by atoms with Crippen molar-refractivity contribution in [2.75, 3.05) is 30.4 Å². The molecule has 0 unspecified atom stereocenters. The molecule has 1 aliphatic rings. The quantitative estimate of drug-likeness (QED) is 0.472. The number of methoxy groups -OCH3 is 1. The highest BCUT2D eigenvalue weighted by Gasteiger charge is 2.21. The van der Waals surface area contributed by atoms with Gasteiger partial charge in [0.25, 0.3) is 0 Å². The van der Waals surface area contributed by atoms with Crippen LogP contribution in [0.1, 0.15) is 32.7 Å². The van der Waals surface area contributed by atoms with Gasteiger partial charge in [-0.3, -0.25) is 0 Å². The first kappa shape index (κ1) is 20.4. The number of anilines is 3. The highest BCUT2D eigenvalue weighted by atomic mass is 16.5. The summed E-state index contributed by atoms with van der Waals surface area (Å²) >= 11 is 0. The van der Waals surface area contributed by atoms with Gasteiger partial charge in [0.15, 0.2) is 0 Å². The molecule has 0 atom stereocenters. The summed E-state index contributed by atoms with van der Waals surface area (Å²) in [6, 6.07) is 4.25. The van der Waals surface area contributed by atoms with Crippen molar-refractivity contribution in [3.8, 4) is 11.3 Å². The molecule has 0 spiro atoms. The van der Waals surface area contributed by atoms with Gasteiger partial charge in [-0.15, -0.1) is 0 Å². The van der Waals surface area contributed by atoms with E-state index < -0.39 is 0 Å². The van der Waals surface area contributed by atoms with Gasteiger partial charge in [-0.2, -0.15) is 4.98 Å². The summed E-state index contributed by atoms with van der Waals surface area (Å²) in [5.74, 6) is 2.21. The maximum absolute atomic E-state index is 5.47. The third-order valence-electron chi connectivity index (χ3n) is 6.02. The van der Waals surface area contributed by atoms with Crippen molar-refractivity contribution in [2.24, 2.45) is 0 Å². The van der Waals surface area contributed by atoms with E-state index >= 15 is 0 Å². The number of fused-ring (bicyclic) bond motifs is 1. The molecule has 0 amide bonds. The van der Waals surface area contributed by atoms with Gasteiger partial charge in [-0.05, 0) is 32.8 Å². The molecule has 1 aliphatic heterocycles. The highest BCUT2D eigenvalue weighted by molar-refractivity contribution is 5.95. The molecule has 5 rings (SSSR count). The predicted molar refractivity (Wildman–Crippen MR) is 125 cm³/mol. The summed E-state index contributed by atoms with van der Waals surface area (Å²) in [5, 5.41) is 4.44. The molecule has 4 aromatic rings. The van der Waals surface area contributed by atoms with Gasteiger partial charge in [0.2, 0.25) is 5.95 Å². The molecule has 166 valence electrons. The number of nitrogens with zero attached hydrogens (tertiary/aromatic N) is 6. The van der Waals surface area contributed by atoms with Gasteiger partial charge in [0.1, 0.15) is 11.6 Å². The summed E-state index contributed by atoms with van der Waals surface area (Å²) < 4.78 is 7.72. The first-order chi connectivity index (χ1) is 15.6. The number of ether oxygens (including phenoxy) is 1. The average Bonchev–Trinajstić information content (AvgIpc) is 3.47. The number of piperidine rings is 1. The van der Waals surface area contributed by atoms with Crippen LogP contribution in [-0.2, 0) is 4.74 Å². The molecule has 1 saturated heterocycles. The van der Waals surface area contributed by atoms with E-state index in [9.17, 15) is 0 Å². The van der Waals surface area contributed by atoms with Crippen LogP contribution in [0.2, 0.25) is 0 Å². The fraction of sp³-hybridized carbons (Fsp3) is 0.391. The van der Waals surface area contributed by atoms with Crippen molar-refractivity contribution in [2.45, 2.75) is 38.8 Å². The molecule has 1 fully saturated rings. The molecule has 0 bridgehead atoms. The molecule has 5 heterocycles. The van der Waals surface area contributed by atoms with E-state index in [0.717, 1.165) is 65.7 Å². The molecule has 0 radical (unpaired) electrons. The molecule has 9 nitrogen and oxygen atoms in total. The number of aromatic nitrogens is 6. The molecular formula is C23H28N8O. The van der Waals surface area contributed by atoms with E-state index in [4.69, 9.17) is 9.72 Å². The minimum absolute atomic E-state index is 0.310. The zero-order valence-electron chi connectivity index (χ0n) is 18.6. The van der Waals surface area contributed by atoms with E-state index in [0.29, 0.717) is 12.1 Å². The summed E-state index contributed by atoms with van der Waals surface area (Å²) in [5.41, 5.74) is 3.18. The van der Waals surface area contributed by atoms with Crippen molar-refractivity contribution < 1.29 is 4.74 Å². The number of rotatable bonds is 6. The van der Waals surface area contributed by atoms with E-state index in [1.165, 1.54) is 0 Å². The second kappa shape index (κ2) is 8.58. The lowest BCUT2D eigenvalue weighted by Crippen LogP contribution is -2.37. The number of hydrogen-bond acceptors (Lipinski definition) is 7. The molecule has 0 aromatic carbocycles. The Hall–Kier alpha value is -3.46. The maximum Gasteiger partial charge on any atom is 0.227 e. The highest BCUT2D eigenvalue weighted by Crippen LogP contribution is 2.32. The zero-order valence-corrected chi connectivity index (χ0v) is 18.6. The number of H-pyrrole nitrogens is 1. The van der Waals surface area contributed by atoms with Gasteiger partial charge < -0.3 is 24.5 Å². The van der Waals surface area contributed by atoms with Crippen molar-refractivity contribution in [1.29, 1.82) is 0 Å². The summed E-state index contributed by atoms with van der Waals surface area (Å²) in [6.45, 7) is 6.13. The second-order valence-electron chi connectivity index (χ2n) is 8.38. The van der Waals surface area contributed by atoms with Crippen LogP contribution in [0.4, 0.5) is 17.6 Å². The van der Waals surface area contributed by atoms with Crippen molar-refractivity contribution in [3.63, 3.8) is 0 Å². The molecule has 32 heavy (non-hydrogen) atoms. The molecule has 9 heteroatoms. The van der Waals surface area contributed by atoms with Crippen LogP contribution in [0.3, 0.4) is 0 Å². The van der Waals surface area contributed by atoms with E-state index in [1.807, 2.05) is 18.5 Å². The number of pyridine rings is 1. The minimum atomic E-state index is 0.310. The first-order valence-electron chi connectivity index (χ1n) is 11.0. The van der Waals surface area contributed by atoms with Crippen LogP contribution in [0.15, 0.2) is 43.2 Å². The zero-order chi connectivity index (χ0) is 22.1. The SMILES string of the molecule is COC1CCN(c2nccc(Nc3cc4c(cn3)c(-c3cnc[nH]3)cn4C(C)C)n2)CC1. The smallest absolute Gasteiger partial charge is 0.227 e. The Morgan fingerprint density at radius 3 is 2.72 bits per heavy atom. The Bertz CT molecular complexity index is 1190. The van der Waals surface area contributed by atoms with Gasteiger partial charge in [0, 0.05) is 61.8 Å². The number of aromatic amines is 1. The van der Waals surface area contributed by atoms with E-state index in [2.05, 4.69) is 60.8 Å². The van der Waals surface area contributed by atoms with Gasteiger partial charge >= 0.3 is 0 Å². The maximum atomic E-state index is 5.47. The standard InChI is InChI=1S/C23H28N8O/c1-15(2)31-13-18(19-12-24-14-27-19)17-11-26-22(10-20(17)31)28-21-4-7-25-23(29-21)30-8-5-16(32-3)6-9-30/h4,7,10-16H,5-6,8-9H2,1-3H3,(H,24,27)(H,25,26,28,29). The Labute approximate surface area is 186 Å². The molecule has 0 aliphatic carbocycles. The van der Waals surface area contributed by atoms with Crippen LogP contribution in [0.25, 0.3) is 22.2 Å². The molecule has 0 saturated carbocycles. The normalized spacial score (nSPS) is 15.1. The third-order valence-corrected chi connectivity index (χ3v) is 6.02. The lowest BCUT2D eigenvalue weighted by molar-refractivity contribution is 0.0816. The van der Waals surface area contributed by atoms with Crippen molar-refractivity contribution in [1.82, 2.24) is 29.5 Å². The van der Waals surface area contributed by atoms with Crippen LogP contribution >= 0.6 is 0 Å². The Morgan fingerprint density at radius 1 is 1.16 bits per heavy atom. The monoisotopic (exact) mass is 432 g/mol. The summed E-state index contributed by atoms with van der Waals surface area (Å²) in [4.78, 5) is 23.4. The largest absolute Gasteiger partial charge is 0.381 e. The first-order valence-corrected chi connectivity index (χ1v) is 11.0. The lowest BCUT2D eigenvalue weighted by Gasteiger charge is -2.31. The van der Waals surface area contributed by atoms with E-state index in [-0.39, 0.29) is 0 Å². The molecule has 2 N–H and O–H groups in total. The fourth-order valence-corrected chi connectivity index (χ4v) is 4.25. The van der Waals surface area contributed by atoms with Crippen LogP contribution < -0.4 is 10.2 Å². The Kier molecular flexibility index (Phi) is 5.48. The fourth-order valence-electron chi connectivity index (χ4n) is 4.25.